The van der Waals surface area contributed by atoms with Gasteiger partial charge in [0.1, 0.15) is 5.75 Å². The lowest BCUT2D eigenvalue weighted by molar-refractivity contribution is -0.143. The normalized spacial score (nSPS) is 34.5. The fraction of sp³-hybridized carbons (Fsp3) is 0.556. The van der Waals surface area contributed by atoms with Gasteiger partial charge in [0.25, 0.3) is 0 Å². The van der Waals surface area contributed by atoms with Crippen molar-refractivity contribution in [1.82, 2.24) is 4.90 Å². The van der Waals surface area contributed by atoms with Gasteiger partial charge in [-0.1, -0.05) is 12.1 Å². The Morgan fingerprint density at radius 2 is 1.87 bits per heavy atom. The summed E-state index contributed by atoms with van der Waals surface area (Å²) >= 11 is 0. The number of ether oxygens (including phenoxy) is 1. The molecule has 1 aromatic carbocycles. The summed E-state index contributed by atoms with van der Waals surface area (Å²) in [6.45, 7) is 0. The van der Waals surface area contributed by atoms with Gasteiger partial charge in [-0.15, -0.1) is 0 Å². The average Bonchev–Trinajstić information content (AvgIpc) is 3.16. The van der Waals surface area contributed by atoms with Crippen LogP contribution < -0.4 is 4.74 Å². The van der Waals surface area contributed by atoms with Crippen molar-refractivity contribution < 1.29 is 19.4 Å². The molecular formula is C18H21NO4. The van der Waals surface area contributed by atoms with E-state index in [4.69, 9.17) is 4.74 Å². The summed E-state index contributed by atoms with van der Waals surface area (Å²) in [4.78, 5) is 26.1. The summed E-state index contributed by atoms with van der Waals surface area (Å²) in [6, 6.07) is 7.96. The number of nitrogens with zero attached hydrogens (tertiary/aromatic N) is 1. The van der Waals surface area contributed by atoms with Crippen molar-refractivity contribution in [3.8, 4) is 5.75 Å². The number of fused-ring (bicyclic) bond motifs is 2. The van der Waals surface area contributed by atoms with Crippen molar-refractivity contribution in [2.24, 2.45) is 11.8 Å². The van der Waals surface area contributed by atoms with Gasteiger partial charge in [-0.2, -0.15) is 0 Å². The molecule has 23 heavy (non-hydrogen) atoms. The van der Waals surface area contributed by atoms with Crippen molar-refractivity contribution in [1.29, 1.82) is 0 Å². The molecule has 2 aliphatic heterocycles. The number of amides is 1. The third-order valence-electron chi connectivity index (χ3n) is 5.76. The molecule has 1 saturated carbocycles. The molecule has 1 aliphatic carbocycles. The number of aliphatic carboxylic acids is 1. The number of methoxy groups -OCH3 is 1. The second-order valence-electron chi connectivity index (χ2n) is 6.95. The van der Waals surface area contributed by atoms with E-state index in [1.54, 1.807) is 7.11 Å². The molecule has 2 bridgehead atoms. The van der Waals surface area contributed by atoms with Gasteiger partial charge in [-0.25, -0.2) is 0 Å². The molecule has 5 nitrogen and oxygen atoms in total. The van der Waals surface area contributed by atoms with Crippen LogP contribution in [0.5, 0.6) is 5.75 Å². The van der Waals surface area contributed by atoms with Gasteiger partial charge in [0.15, 0.2) is 0 Å². The molecule has 0 spiro atoms. The first-order valence-corrected chi connectivity index (χ1v) is 8.29. The fourth-order valence-corrected chi connectivity index (χ4v) is 4.48. The molecule has 0 radical (unpaired) electrons. The highest BCUT2D eigenvalue weighted by Gasteiger charge is 2.55. The lowest BCUT2D eigenvalue weighted by Gasteiger charge is -2.23. The minimum atomic E-state index is -0.752. The van der Waals surface area contributed by atoms with Crippen LogP contribution in [0, 0.1) is 11.8 Å². The summed E-state index contributed by atoms with van der Waals surface area (Å²) in [7, 11) is 1.64. The van der Waals surface area contributed by atoms with Gasteiger partial charge in [0.05, 0.1) is 13.0 Å². The molecule has 5 atom stereocenters. The largest absolute Gasteiger partial charge is 0.497 e. The molecular weight excluding hydrogens is 294 g/mol. The standard InChI is InChI=1S/C18H21NO4/c1-23-12-5-2-10(3-6-12)13-9-14(13)17(20)19-11-4-7-16(19)15(8-11)18(21)22/h2-3,5-6,11,13-16H,4,7-9H2,1H3,(H,21,22)/t11?,13-,14+,15?,16?/m0/s1. The van der Waals surface area contributed by atoms with Crippen molar-refractivity contribution in [2.45, 2.75) is 43.7 Å². The molecule has 3 unspecified atom stereocenters. The monoisotopic (exact) mass is 315 g/mol. The van der Waals surface area contributed by atoms with Crippen molar-refractivity contribution in [2.75, 3.05) is 7.11 Å². The Kier molecular flexibility index (Phi) is 3.32. The van der Waals surface area contributed by atoms with Crippen LogP contribution in [0.3, 0.4) is 0 Å². The third kappa shape index (κ3) is 2.30. The predicted octanol–water partition coefficient (Wildman–Crippen LogP) is 2.26. The quantitative estimate of drug-likeness (QED) is 0.925. The van der Waals surface area contributed by atoms with Crippen LogP contribution >= 0.6 is 0 Å². The number of benzene rings is 1. The SMILES string of the molecule is COc1ccc([C@@H]2C[C@H]2C(=O)N2C3CCC2C(C(=O)O)C3)cc1. The molecule has 2 saturated heterocycles. The van der Waals surface area contributed by atoms with E-state index in [0.29, 0.717) is 6.42 Å². The molecule has 4 rings (SSSR count). The maximum atomic E-state index is 12.9. The average molecular weight is 315 g/mol. The number of carboxylic acids is 1. The van der Waals surface area contributed by atoms with Gasteiger partial charge in [0.2, 0.25) is 5.91 Å². The second kappa shape index (κ2) is 5.25. The molecule has 2 heterocycles. The van der Waals surface area contributed by atoms with Crippen LogP contribution in [0.25, 0.3) is 0 Å². The van der Waals surface area contributed by atoms with E-state index in [1.165, 1.54) is 5.56 Å². The Hall–Kier alpha value is -2.04. The lowest BCUT2D eigenvalue weighted by Crippen LogP contribution is -2.39. The maximum Gasteiger partial charge on any atom is 0.308 e. The molecule has 3 fully saturated rings. The first kappa shape index (κ1) is 14.5. The third-order valence-corrected chi connectivity index (χ3v) is 5.76. The van der Waals surface area contributed by atoms with Gasteiger partial charge in [-0.3, -0.25) is 9.59 Å². The molecule has 0 aromatic heterocycles. The first-order chi connectivity index (χ1) is 11.1. The predicted molar refractivity (Wildman–Crippen MR) is 83.2 cm³/mol. The number of hydrogen-bond acceptors (Lipinski definition) is 3. The minimum absolute atomic E-state index is 0.0269. The van der Waals surface area contributed by atoms with E-state index in [1.807, 2.05) is 29.2 Å². The number of carbonyl (C=O) groups is 2. The highest BCUT2D eigenvalue weighted by Crippen LogP contribution is 2.52. The van der Waals surface area contributed by atoms with Crippen LogP contribution in [0.4, 0.5) is 0 Å². The highest BCUT2D eigenvalue weighted by molar-refractivity contribution is 5.85. The summed E-state index contributed by atoms with van der Waals surface area (Å²) in [6.07, 6.45) is 3.30. The zero-order valence-electron chi connectivity index (χ0n) is 13.1. The van der Waals surface area contributed by atoms with Gasteiger partial charge in [0, 0.05) is 18.0 Å². The van der Waals surface area contributed by atoms with E-state index >= 15 is 0 Å². The van der Waals surface area contributed by atoms with Gasteiger partial charge >= 0.3 is 5.97 Å². The number of hydrogen-bond donors (Lipinski definition) is 1. The number of carbonyl (C=O) groups excluding carboxylic acids is 1. The minimum Gasteiger partial charge on any atom is -0.497 e. The smallest absolute Gasteiger partial charge is 0.308 e. The van der Waals surface area contributed by atoms with Crippen LogP contribution in [0.2, 0.25) is 0 Å². The molecule has 122 valence electrons. The van der Waals surface area contributed by atoms with E-state index in [9.17, 15) is 14.7 Å². The fourth-order valence-electron chi connectivity index (χ4n) is 4.48. The van der Waals surface area contributed by atoms with Crippen LogP contribution in [0.1, 0.15) is 37.2 Å². The van der Waals surface area contributed by atoms with E-state index in [0.717, 1.165) is 25.0 Å². The Morgan fingerprint density at radius 1 is 1.13 bits per heavy atom. The number of rotatable bonds is 4. The van der Waals surface area contributed by atoms with Crippen LogP contribution in [0.15, 0.2) is 24.3 Å². The van der Waals surface area contributed by atoms with Gasteiger partial charge < -0.3 is 14.7 Å². The Balaban J connectivity index is 1.46. The van der Waals surface area contributed by atoms with Gasteiger partial charge in [-0.05, 0) is 49.3 Å². The Bertz CT molecular complexity index is 641. The zero-order valence-corrected chi connectivity index (χ0v) is 13.1. The summed E-state index contributed by atoms with van der Waals surface area (Å²) < 4.78 is 5.16. The Morgan fingerprint density at radius 3 is 2.48 bits per heavy atom. The summed E-state index contributed by atoms with van der Waals surface area (Å²) in [5.74, 6) is 0.172. The summed E-state index contributed by atoms with van der Waals surface area (Å²) in [5.41, 5.74) is 1.17. The highest BCUT2D eigenvalue weighted by atomic mass is 16.5. The lowest BCUT2D eigenvalue weighted by atomic mass is 9.89. The zero-order chi connectivity index (χ0) is 16.1. The second-order valence-corrected chi connectivity index (χ2v) is 6.95. The van der Waals surface area contributed by atoms with E-state index in [2.05, 4.69) is 0 Å². The van der Waals surface area contributed by atoms with Crippen molar-refractivity contribution in [3.05, 3.63) is 29.8 Å². The molecule has 1 amide bonds. The molecule has 3 aliphatic rings. The Labute approximate surface area is 135 Å². The molecule has 1 N–H and O–H groups in total. The van der Waals surface area contributed by atoms with Crippen LogP contribution in [-0.4, -0.2) is 41.1 Å². The first-order valence-electron chi connectivity index (χ1n) is 8.29. The maximum absolute atomic E-state index is 12.9. The van der Waals surface area contributed by atoms with Crippen molar-refractivity contribution >= 4 is 11.9 Å². The van der Waals surface area contributed by atoms with E-state index < -0.39 is 5.97 Å². The van der Waals surface area contributed by atoms with E-state index in [-0.39, 0.29) is 35.7 Å². The number of carboxylic acid groups (broad SMARTS) is 1. The molecule has 1 aromatic rings. The van der Waals surface area contributed by atoms with Crippen molar-refractivity contribution in [3.63, 3.8) is 0 Å². The van der Waals surface area contributed by atoms with Crippen LogP contribution in [-0.2, 0) is 9.59 Å². The summed E-state index contributed by atoms with van der Waals surface area (Å²) in [5, 5.41) is 9.32. The topological polar surface area (TPSA) is 66.8 Å². The molecule has 5 heteroatoms.